The molecule has 0 amide bonds. The van der Waals surface area contributed by atoms with Crippen LogP contribution in [0, 0.1) is 5.92 Å². The van der Waals surface area contributed by atoms with Crippen molar-refractivity contribution in [1.82, 2.24) is 4.98 Å². The van der Waals surface area contributed by atoms with Gasteiger partial charge >= 0.3 is 5.97 Å². The third-order valence-corrected chi connectivity index (χ3v) is 5.06. The third-order valence-electron chi connectivity index (χ3n) is 4.74. The number of nitrogens with one attached hydrogen (secondary N) is 1. The van der Waals surface area contributed by atoms with Crippen molar-refractivity contribution in [3.63, 3.8) is 0 Å². The van der Waals surface area contributed by atoms with Gasteiger partial charge in [0.2, 0.25) is 0 Å². The van der Waals surface area contributed by atoms with Crippen LogP contribution in [-0.4, -0.2) is 16.1 Å². The highest BCUT2D eigenvalue weighted by Crippen LogP contribution is 2.52. The standard InChI is InChI=1S/C18H15ClN2O2/c19-14-7-6-13(18(22)23)15-11-4-1-5-12(11)16(21-17(14)15)10-3-2-8-20-9-10/h1-4,6-9,11-12,16,21H,5H2,(H,22,23)/t11-,12-,16+/m1/s1. The van der Waals surface area contributed by atoms with Gasteiger partial charge in [-0.2, -0.15) is 0 Å². The Morgan fingerprint density at radius 1 is 1.35 bits per heavy atom. The zero-order valence-electron chi connectivity index (χ0n) is 12.2. The summed E-state index contributed by atoms with van der Waals surface area (Å²) in [6.07, 6.45) is 8.74. The van der Waals surface area contributed by atoms with Gasteiger partial charge < -0.3 is 10.4 Å². The fourth-order valence-corrected chi connectivity index (χ4v) is 3.97. The summed E-state index contributed by atoms with van der Waals surface area (Å²) in [6.45, 7) is 0. The maximum Gasteiger partial charge on any atom is 0.336 e. The second kappa shape index (κ2) is 5.39. The van der Waals surface area contributed by atoms with E-state index in [1.807, 2.05) is 18.3 Å². The topological polar surface area (TPSA) is 62.2 Å². The van der Waals surface area contributed by atoms with Gasteiger partial charge in [0.15, 0.2) is 0 Å². The predicted octanol–water partition coefficient (Wildman–Crippen LogP) is 4.26. The van der Waals surface area contributed by atoms with Crippen LogP contribution in [0.4, 0.5) is 5.69 Å². The van der Waals surface area contributed by atoms with Crippen LogP contribution < -0.4 is 5.32 Å². The van der Waals surface area contributed by atoms with Gasteiger partial charge in [-0.3, -0.25) is 4.98 Å². The molecule has 0 fully saturated rings. The van der Waals surface area contributed by atoms with Crippen molar-refractivity contribution in [2.24, 2.45) is 5.92 Å². The van der Waals surface area contributed by atoms with Crippen LogP contribution in [0.5, 0.6) is 0 Å². The first-order chi connectivity index (χ1) is 11.2. The van der Waals surface area contributed by atoms with E-state index in [1.54, 1.807) is 18.3 Å². The molecule has 1 aromatic carbocycles. The van der Waals surface area contributed by atoms with E-state index in [2.05, 4.69) is 22.5 Å². The zero-order chi connectivity index (χ0) is 16.0. The Bertz CT molecular complexity index is 804. The van der Waals surface area contributed by atoms with E-state index in [1.165, 1.54) is 0 Å². The van der Waals surface area contributed by atoms with Gasteiger partial charge in [-0.1, -0.05) is 29.8 Å². The number of halogens is 1. The van der Waals surface area contributed by atoms with Crippen LogP contribution in [0.15, 0.2) is 48.8 Å². The van der Waals surface area contributed by atoms with E-state index in [9.17, 15) is 9.90 Å². The Balaban J connectivity index is 1.89. The van der Waals surface area contributed by atoms with Crippen LogP contribution in [0.3, 0.4) is 0 Å². The molecular formula is C18H15ClN2O2. The van der Waals surface area contributed by atoms with E-state index in [0.717, 1.165) is 23.2 Å². The molecule has 2 heterocycles. The average Bonchev–Trinajstić information content (AvgIpc) is 3.05. The number of aromatic carboxylic acids is 1. The summed E-state index contributed by atoms with van der Waals surface area (Å²) in [5.41, 5.74) is 2.94. The molecule has 5 heteroatoms. The minimum Gasteiger partial charge on any atom is -0.478 e. The summed E-state index contributed by atoms with van der Waals surface area (Å²) >= 11 is 6.37. The number of benzene rings is 1. The van der Waals surface area contributed by atoms with Gasteiger partial charge in [0.05, 0.1) is 22.3 Å². The number of nitrogens with zero attached hydrogens (tertiary/aromatic N) is 1. The van der Waals surface area contributed by atoms with Crippen molar-refractivity contribution < 1.29 is 9.90 Å². The lowest BCUT2D eigenvalue weighted by Gasteiger charge is -2.38. The summed E-state index contributed by atoms with van der Waals surface area (Å²) in [7, 11) is 0. The fraction of sp³-hybridized carbons (Fsp3) is 0.222. The van der Waals surface area contributed by atoms with Gasteiger partial charge in [0, 0.05) is 18.3 Å². The lowest BCUT2D eigenvalue weighted by atomic mass is 9.75. The molecule has 0 saturated heterocycles. The number of rotatable bonds is 2. The Labute approximate surface area is 138 Å². The predicted molar refractivity (Wildman–Crippen MR) is 89.0 cm³/mol. The van der Waals surface area contributed by atoms with Crippen LogP contribution >= 0.6 is 11.6 Å². The molecule has 0 spiro atoms. The number of anilines is 1. The summed E-state index contributed by atoms with van der Waals surface area (Å²) in [6, 6.07) is 7.27. The fourth-order valence-electron chi connectivity index (χ4n) is 3.75. The number of carbonyl (C=O) groups is 1. The number of hydrogen-bond donors (Lipinski definition) is 2. The lowest BCUT2D eigenvalue weighted by Crippen LogP contribution is -2.30. The van der Waals surface area contributed by atoms with Gasteiger partial charge in [0.25, 0.3) is 0 Å². The number of fused-ring (bicyclic) bond motifs is 3. The molecule has 23 heavy (non-hydrogen) atoms. The van der Waals surface area contributed by atoms with E-state index >= 15 is 0 Å². The summed E-state index contributed by atoms with van der Waals surface area (Å²) < 4.78 is 0. The van der Waals surface area contributed by atoms with E-state index < -0.39 is 5.97 Å². The molecule has 0 bridgehead atoms. The van der Waals surface area contributed by atoms with Gasteiger partial charge in [-0.25, -0.2) is 4.79 Å². The molecule has 3 atom stereocenters. The SMILES string of the molecule is O=C(O)c1ccc(Cl)c2c1[C@@H]1C=CC[C@H]1[C@H](c1cccnc1)N2. The molecule has 4 rings (SSSR count). The van der Waals surface area contributed by atoms with E-state index in [-0.39, 0.29) is 17.9 Å². The van der Waals surface area contributed by atoms with Gasteiger partial charge in [-0.15, -0.1) is 0 Å². The number of carboxylic acid groups (broad SMARTS) is 1. The maximum atomic E-state index is 11.6. The minimum atomic E-state index is -0.918. The molecule has 0 saturated carbocycles. The Kier molecular flexibility index (Phi) is 3.34. The lowest BCUT2D eigenvalue weighted by molar-refractivity contribution is 0.0695. The maximum absolute atomic E-state index is 11.6. The van der Waals surface area contributed by atoms with Gasteiger partial charge in [-0.05, 0) is 41.7 Å². The van der Waals surface area contributed by atoms with Crippen LogP contribution in [0.1, 0.15) is 39.9 Å². The second-order valence-electron chi connectivity index (χ2n) is 5.95. The van der Waals surface area contributed by atoms with Crippen LogP contribution in [-0.2, 0) is 0 Å². The van der Waals surface area contributed by atoms with E-state index in [4.69, 9.17) is 11.6 Å². The third kappa shape index (κ3) is 2.21. The molecule has 116 valence electrons. The summed E-state index contributed by atoms with van der Waals surface area (Å²) in [4.78, 5) is 15.8. The molecule has 2 aliphatic rings. The highest BCUT2D eigenvalue weighted by Gasteiger charge is 2.40. The number of hydrogen-bond acceptors (Lipinski definition) is 3. The first-order valence-electron chi connectivity index (χ1n) is 7.55. The molecule has 2 N–H and O–H groups in total. The molecule has 0 unspecified atom stereocenters. The first-order valence-corrected chi connectivity index (χ1v) is 7.93. The van der Waals surface area contributed by atoms with Crippen molar-refractivity contribution >= 4 is 23.3 Å². The van der Waals surface area contributed by atoms with Crippen molar-refractivity contribution in [1.29, 1.82) is 0 Å². The summed E-state index contributed by atoms with van der Waals surface area (Å²) in [5.74, 6) is -0.594. The average molecular weight is 327 g/mol. The minimum absolute atomic E-state index is 0.0567. The normalized spacial score (nSPS) is 24.7. The molecule has 0 radical (unpaired) electrons. The highest BCUT2D eigenvalue weighted by atomic mass is 35.5. The van der Waals surface area contributed by atoms with Crippen LogP contribution in [0.2, 0.25) is 5.02 Å². The first kappa shape index (κ1) is 14.3. The highest BCUT2D eigenvalue weighted by molar-refractivity contribution is 6.33. The molecule has 1 aliphatic heterocycles. The number of carboxylic acids is 1. The Morgan fingerprint density at radius 2 is 2.22 bits per heavy atom. The quantitative estimate of drug-likeness (QED) is 0.809. The number of pyridine rings is 1. The largest absolute Gasteiger partial charge is 0.478 e. The smallest absolute Gasteiger partial charge is 0.336 e. The zero-order valence-corrected chi connectivity index (χ0v) is 13.0. The Morgan fingerprint density at radius 3 is 2.96 bits per heavy atom. The van der Waals surface area contributed by atoms with E-state index in [0.29, 0.717) is 10.6 Å². The second-order valence-corrected chi connectivity index (χ2v) is 6.36. The summed E-state index contributed by atoms with van der Waals surface area (Å²) in [5, 5.41) is 13.6. The molecule has 1 aromatic heterocycles. The number of aromatic nitrogens is 1. The molecular weight excluding hydrogens is 312 g/mol. The number of allylic oxidation sites excluding steroid dienone is 2. The van der Waals surface area contributed by atoms with Crippen molar-refractivity contribution in [3.05, 3.63) is 70.5 Å². The Hall–Kier alpha value is -2.33. The molecule has 1 aliphatic carbocycles. The van der Waals surface area contributed by atoms with Crippen molar-refractivity contribution in [2.75, 3.05) is 5.32 Å². The molecule has 2 aromatic rings. The van der Waals surface area contributed by atoms with Crippen molar-refractivity contribution in [2.45, 2.75) is 18.4 Å². The molecule has 4 nitrogen and oxygen atoms in total. The van der Waals surface area contributed by atoms with Crippen molar-refractivity contribution in [3.8, 4) is 0 Å². The van der Waals surface area contributed by atoms with Crippen LogP contribution in [0.25, 0.3) is 0 Å². The monoisotopic (exact) mass is 326 g/mol. The van der Waals surface area contributed by atoms with Gasteiger partial charge in [0.1, 0.15) is 0 Å².